The highest BCUT2D eigenvalue weighted by Crippen LogP contribution is 2.04. The molecule has 0 spiro atoms. The van der Waals surface area contributed by atoms with E-state index in [1.807, 2.05) is 6.92 Å². The summed E-state index contributed by atoms with van der Waals surface area (Å²) in [6.45, 7) is 1.87. The molecule has 58 valence electrons. The van der Waals surface area contributed by atoms with Gasteiger partial charge in [0.1, 0.15) is 0 Å². The van der Waals surface area contributed by atoms with E-state index in [1.165, 1.54) is 6.20 Å². The number of rotatable bonds is 1. The number of nitrogens with zero attached hydrogens (tertiary/aromatic N) is 1. The molecule has 0 radical (unpaired) electrons. The van der Waals surface area contributed by atoms with Crippen LogP contribution in [0.5, 0.6) is 0 Å². The van der Waals surface area contributed by atoms with E-state index in [-0.39, 0.29) is 5.97 Å². The predicted molar refractivity (Wildman–Crippen MR) is 48.4 cm³/mol. The zero-order chi connectivity index (χ0) is 8.27. The Balaban J connectivity index is 2.96. The minimum Gasteiger partial charge on any atom is -0.391 e. The van der Waals surface area contributed by atoms with Crippen molar-refractivity contribution in [1.29, 1.82) is 0 Å². The zero-order valence-corrected chi connectivity index (χ0v) is 8.03. The average molecular weight is 263 g/mol. The molecule has 0 fully saturated rings. The summed E-state index contributed by atoms with van der Waals surface area (Å²) in [5.74, 6) is -0.359. The van der Waals surface area contributed by atoms with Gasteiger partial charge in [-0.05, 0) is 18.6 Å². The molecule has 0 saturated heterocycles. The van der Waals surface area contributed by atoms with Crippen LogP contribution in [0.3, 0.4) is 0 Å². The van der Waals surface area contributed by atoms with Crippen LogP contribution >= 0.6 is 23.0 Å². The fourth-order valence-electron chi connectivity index (χ4n) is 0.711. The third-order valence-corrected chi connectivity index (χ3v) is 1.58. The summed E-state index contributed by atoms with van der Waals surface area (Å²) in [6.07, 6.45) is 3.16. The lowest BCUT2D eigenvalue weighted by Gasteiger charge is -1.96. The lowest BCUT2D eigenvalue weighted by molar-refractivity contribution is 0.0800. The minimum atomic E-state index is -0.359. The molecule has 0 atom stereocenters. The second kappa shape index (κ2) is 3.66. The second-order valence-electron chi connectivity index (χ2n) is 2.12. The molecule has 0 N–H and O–H groups in total. The van der Waals surface area contributed by atoms with Gasteiger partial charge in [-0.25, -0.2) is 4.79 Å². The normalized spacial score (nSPS) is 9.27. The van der Waals surface area contributed by atoms with Crippen molar-refractivity contribution in [3.05, 3.63) is 29.6 Å². The van der Waals surface area contributed by atoms with Crippen LogP contribution in [-0.4, -0.2) is 11.0 Å². The SMILES string of the molecule is Cc1cncc(C(=O)OI)c1. The number of aromatic nitrogens is 1. The first-order chi connectivity index (χ1) is 5.24. The number of carbonyl (C=O) groups excluding carboxylic acids is 1. The van der Waals surface area contributed by atoms with Crippen LogP contribution in [0.4, 0.5) is 0 Å². The molecule has 0 amide bonds. The summed E-state index contributed by atoms with van der Waals surface area (Å²) < 4.78 is 4.48. The number of pyridine rings is 1. The zero-order valence-electron chi connectivity index (χ0n) is 5.87. The van der Waals surface area contributed by atoms with Gasteiger partial charge in [-0.1, -0.05) is 0 Å². The monoisotopic (exact) mass is 263 g/mol. The lowest BCUT2D eigenvalue weighted by atomic mass is 10.2. The van der Waals surface area contributed by atoms with Crippen LogP contribution in [0.15, 0.2) is 18.5 Å². The molecule has 0 aliphatic heterocycles. The summed E-state index contributed by atoms with van der Waals surface area (Å²) in [5.41, 5.74) is 1.43. The number of carbonyl (C=O) groups is 1. The summed E-state index contributed by atoms with van der Waals surface area (Å²) in [5, 5.41) is 0. The average Bonchev–Trinajstić information content (AvgIpc) is 2.03. The molecular weight excluding hydrogens is 257 g/mol. The van der Waals surface area contributed by atoms with Crippen molar-refractivity contribution in [2.75, 3.05) is 0 Å². The van der Waals surface area contributed by atoms with Gasteiger partial charge in [-0.2, -0.15) is 0 Å². The van der Waals surface area contributed by atoms with Gasteiger partial charge in [0.2, 0.25) is 0 Å². The second-order valence-corrected chi connectivity index (χ2v) is 2.56. The molecule has 1 rings (SSSR count). The molecule has 1 aromatic heterocycles. The predicted octanol–water partition coefficient (Wildman–Crippen LogP) is 1.90. The topological polar surface area (TPSA) is 39.2 Å². The molecular formula is C7H6INO2. The fraction of sp³-hybridized carbons (Fsp3) is 0.143. The van der Waals surface area contributed by atoms with Crippen molar-refractivity contribution in [2.45, 2.75) is 6.92 Å². The molecule has 11 heavy (non-hydrogen) atoms. The van der Waals surface area contributed by atoms with Crippen molar-refractivity contribution in [1.82, 2.24) is 4.98 Å². The Bertz CT molecular complexity index is 275. The highest BCUT2D eigenvalue weighted by atomic mass is 127. The first-order valence-electron chi connectivity index (χ1n) is 2.98. The van der Waals surface area contributed by atoms with Crippen LogP contribution in [0.1, 0.15) is 15.9 Å². The quantitative estimate of drug-likeness (QED) is 0.726. The largest absolute Gasteiger partial charge is 0.391 e. The van der Waals surface area contributed by atoms with Crippen molar-refractivity contribution < 1.29 is 7.86 Å². The van der Waals surface area contributed by atoms with E-state index in [4.69, 9.17) is 0 Å². The number of halogens is 1. The third kappa shape index (κ3) is 2.14. The number of aryl methyl sites for hydroxylation is 1. The first-order valence-corrected chi connectivity index (χ1v) is 3.86. The molecule has 0 aliphatic rings. The van der Waals surface area contributed by atoms with Gasteiger partial charge < -0.3 is 3.07 Å². The molecule has 1 aromatic rings. The Kier molecular flexibility index (Phi) is 2.81. The van der Waals surface area contributed by atoms with Crippen LogP contribution < -0.4 is 0 Å². The number of hydrogen-bond acceptors (Lipinski definition) is 3. The van der Waals surface area contributed by atoms with Crippen LogP contribution in [-0.2, 0) is 3.07 Å². The van der Waals surface area contributed by atoms with E-state index in [9.17, 15) is 4.79 Å². The molecule has 4 heteroatoms. The van der Waals surface area contributed by atoms with Crippen LogP contribution in [0, 0.1) is 6.92 Å². The Morgan fingerprint density at radius 1 is 1.64 bits per heavy atom. The third-order valence-electron chi connectivity index (χ3n) is 1.18. The maximum Gasteiger partial charge on any atom is 0.349 e. The smallest absolute Gasteiger partial charge is 0.349 e. The van der Waals surface area contributed by atoms with Gasteiger partial charge in [-0.3, -0.25) is 4.98 Å². The van der Waals surface area contributed by atoms with Gasteiger partial charge in [0.25, 0.3) is 0 Å². The standard InChI is InChI=1S/C7H6INO2/c1-5-2-6(4-9-3-5)7(10)11-8/h2-4H,1H3. The molecule has 3 nitrogen and oxygen atoms in total. The van der Waals surface area contributed by atoms with E-state index in [2.05, 4.69) is 8.05 Å². The van der Waals surface area contributed by atoms with Gasteiger partial charge >= 0.3 is 5.97 Å². The van der Waals surface area contributed by atoms with Crippen molar-refractivity contribution >= 4 is 29.0 Å². The Labute approximate surface area is 78.5 Å². The fourth-order valence-corrected chi connectivity index (χ4v) is 0.965. The highest BCUT2D eigenvalue weighted by molar-refractivity contribution is 14.1. The van der Waals surface area contributed by atoms with Gasteiger partial charge in [-0.15, -0.1) is 0 Å². The van der Waals surface area contributed by atoms with E-state index < -0.39 is 0 Å². The molecule has 0 saturated carbocycles. The molecule has 0 aliphatic carbocycles. The van der Waals surface area contributed by atoms with Crippen molar-refractivity contribution in [3.8, 4) is 0 Å². The molecule has 0 bridgehead atoms. The van der Waals surface area contributed by atoms with Crippen LogP contribution in [0.25, 0.3) is 0 Å². The minimum absolute atomic E-state index is 0.359. The summed E-state index contributed by atoms with van der Waals surface area (Å²) in [7, 11) is 0. The van der Waals surface area contributed by atoms with E-state index in [0.29, 0.717) is 5.56 Å². The summed E-state index contributed by atoms with van der Waals surface area (Å²) in [6, 6.07) is 1.73. The molecule has 1 heterocycles. The maximum atomic E-state index is 10.9. The molecule has 0 aromatic carbocycles. The summed E-state index contributed by atoms with van der Waals surface area (Å²) in [4.78, 5) is 14.7. The Morgan fingerprint density at radius 2 is 2.36 bits per heavy atom. The van der Waals surface area contributed by atoms with E-state index in [1.54, 1.807) is 35.3 Å². The summed E-state index contributed by atoms with van der Waals surface area (Å²) >= 11 is 1.55. The Morgan fingerprint density at radius 3 is 2.91 bits per heavy atom. The van der Waals surface area contributed by atoms with Gasteiger partial charge in [0.15, 0.2) is 23.0 Å². The Hall–Kier alpha value is -0.650. The van der Waals surface area contributed by atoms with E-state index >= 15 is 0 Å². The maximum absolute atomic E-state index is 10.9. The van der Waals surface area contributed by atoms with Crippen molar-refractivity contribution in [3.63, 3.8) is 0 Å². The first kappa shape index (κ1) is 8.45. The molecule has 0 unspecified atom stereocenters. The lowest BCUT2D eigenvalue weighted by Crippen LogP contribution is -1.98. The number of hydrogen-bond donors (Lipinski definition) is 0. The van der Waals surface area contributed by atoms with Crippen LogP contribution in [0.2, 0.25) is 0 Å². The van der Waals surface area contributed by atoms with Gasteiger partial charge in [0.05, 0.1) is 5.56 Å². The highest BCUT2D eigenvalue weighted by Gasteiger charge is 2.04. The van der Waals surface area contributed by atoms with Crippen molar-refractivity contribution in [2.24, 2.45) is 0 Å². The van der Waals surface area contributed by atoms with E-state index in [0.717, 1.165) is 5.56 Å². The van der Waals surface area contributed by atoms with Gasteiger partial charge in [0, 0.05) is 12.4 Å².